The lowest BCUT2D eigenvalue weighted by Gasteiger charge is -2.14. The van der Waals surface area contributed by atoms with E-state index in [1.807, 2.05) is 19.1 Å². The summed E-state index contributed by atoms with van der Waals surface area (Å²) < 4.78 is 13.5. The van der Waals surface area contributed by atoms with Gasteiger partial charge in [-0.25, -0.2) is 14.4 Å². The molecule has 0 saturated carbocycles. The SMILES string of the molecule is C[C@@H](NCc1ccncn1)c1ccccc1F. The lowest BCUT2D eigenvalue weighted by molar-refractivity contribution is 0.524. The third-order valence-electron chi connectivity index (χ3n) is 2.60. The van der Waals surface area contributed by atoms with Gasteiger partial charge in [0.25, 0.3) is 0 Å². The average molecular weight is 231 g/mol. The standard InChI is InChI=1S/C13H14FN3/c1-10(12-4-2-3-5-13(12)14)16-8-11-6-7-15-9-17-11/h2-7,9-10,16H,8H2,1H3/t10-/m1/s1. The van der Waals surface area contributed by atoms with Crippen molar-refractivity contribution in [3.63, 3.8) is 0 Å². The maximum Gasteiger partial charge on any atom is 0.127 e. The number of hydrogen-bond acceptors (Lipinski definition) is 3. The van der Waals surface area contributed by atoms with Gasteiger partial charge in [-0.2, -0.15) is 0 Å². The fraction of sp³-hybridized carbons (Fsp3) is 0.231. The third kappa shape index (κ3) is 3.07. The summed E-state index contributed by atoms with van der Waals surface area (Å²) in [5, 5.41) is 3.23. The summed E-state index contributed by atoms with van der Waals surface area (Å²) in [4.78, 5) is 7.95. The minimum Gasteiger partial charge on any atom is -0.304 e. The van der Waals surface area contributed by atoms with Crippen LogP contribution in [0.4, 0.5) is 4.39 Å². The fourth-order valence-electron chi connectivity index (χ4n) is 1.62. The second-order valence-electron chi connectivity index (χ2n) is 3.82. The van der Waals surface area contributed by atoms with Crippen LogP contribution in [0, 0.1) is 5.82 Å². The first-order chi connectivity index (χ1) is 8.27. The number of benzene rings is 1. The van der Waals surface area contributed by atoms with Crippen molar-refractivity contribution in [2.75, 3.05) is 0 Å². The molecule has 2 aromatic rings. The second kappa shape index (κ2) is 5.50. The van der Waals surface area contributed by atoms with Crippen molar-refractivity contribution in [3.05, 3.63) is 59.9 Å². The summed E-state index contributed by atoms with van der Waals surface area (Å²) in [5.74, 6) is -0.185. The number of hydrogen-bond donors (Lipinski definition) is 1. The van der Waals surface area contributed by atoms with Gasteiger partial charge in [0.05, 0.1) is 5.69 Å². The van der Waals surface area contributed by atoms with Gasteiger partial charge in [0.2, 0.25) is 0 Å². The molecule has 1 N–H and O–H groups in total. The molecule has 2 rings (SSSR count). The molecule has 0 aliphatic rings. The van der Waals surface area contributed by atoms with Gasteiger partial charge < -0.3 is 5.32 Å². The zero-order valence-electron chi connectivity index (χ0n) is 9.60. The Morgan fingerprint density at radius 1 is 1.29 bits per heavy atom. The highest BCUT2D eigenvalue weighted by atomic mass is 19.1. The quantitative estimate of drug-likeness (QED) is 0.878. The molecule has 0 bridgehead atoms. The van der Waals surface area contributed by atoms with Crippen LogP contribution in [0.1, 0.15) is 24.2 Å². The smallest absolute Gasteiger partial charge is 0.127 e. The first-order valence-corrected chi connectivity index (χ1v) is 5.50. The van der Waals surface area contributed by atoms with Crippen LogP contribution in [0.25, 0.3) is 0 Å². The van der Waals surface area contributed by atoms with Crippen molar-refractivity contribution < 1.29 is 4.39 Å². The van der Waals surface area contributed by atoms with Crippen molar-refractivity contribution in [3.8, 4) is 0 Å². The Morgan fingerprint density at radius 3 is 2.82 bits per heavy atom. The van der Waals surface area contributed by atoms with Crippen LogP contribution in [0.15, 0.2) is 42.9 Å². The molecule has 0 saturated heterocycles. The molecule has 1 heterocycles. The molecule has 1 aromatic carbocycles. The lowest BCUT2D eigenvalue weighted by atomic mass is 10.1. The Labute approximate surface area is 99.7 Å². The molecular formula is C13H14FN3. The van der Waals surface area contributed by atoms with Gasteiger partial charge in [-0.3, -0.25) is 0 Å². The maximum absolute atomic E-state index is 13.5. The number of rotatable bonds is 4. The molecular weight excluding hydrogens is 217 g/mol. The van der Waals surface area contributed by atoms with E-state index < -0.39 is 0 Å². The van der Waals surface area contributed by atoms with E-state index >= 15 is 0 Å². The van der Waals surface area contributed by atoms with E-state index in [2.05, 4.69) is 15.3 Å². The zero-order valence-corrected chi connectivity index (χ0v) is 9.60. The monoisotopic (exact) mass is 231 g/mol. The second-order valence-corrected chi connectivity index (χ2v) is 3.82. The van der Waals surface area contributed by atoms with E-state index in [1.165, 1.54) is 12.4 Å². The summed E-state index contributed by atoms with van der Waals surface area (Å²) in [6.07, 6.45) is 3.20. The normalized spacial score (nSPS) is 12.4. The fourth-order valence-corrected chi connectivity index (χ4v) is 1.62. The average Bonchev–Trinajstić information content (AvgIpc) is 2.38. The van der Waals surface area contributed by atoms with Crippen LogP contribution in [0.3, 0.4) is 0 Å². The van der Waals surface area contributed by atoms with E-state index in [4.69, 9.17) is 0 Å². The zero-order chi connectivity index (χ0) is 12.1. The summed E-state index contributed by atoms with van der Waals surface area (Å²) in [7, 11) is 0. The first-order valence-electron chi connectivity index (χ1n) is 5.50. The molecule has 0 fully saturated rings. The van der Waals surface area contributed by atoms with Crippen molar-refractivity contribution in [1.29, 1.82) is 0 Å². The molecule has 1 atom stereocenters. The van der Waals surface area contributed by atoms with Gasteiger partial charge in [-0.15, -0.1) is 0 Å². The van der Waals surface area contributed by atoms with E-state index in [0.29, 0.717) is 12.1 Å². The minimum atomic E-state index is -0.185. The number of halogens is 1. The molecule has 1 aromatic heterocycles. The molecule has 0 radical (unpaired) electrons. The van der Waals surface area contributed by atoms with E-state index in [0.717, 1.165) is 5.69 Å². The highest BCUT2D eigenvalue weighted by Gasteiger charge is 2.09. The van der Waals surface area contributed by atoms with Crippen LogP contribution >= 0.6 is 0 Å². The van der Waals surface area contributed by atoms with Crippen LogP contribution in [0.2, 0.25) is 0 Å². The Balaban J connectivity index is 1.99. The van der Waals surface area contributed by atoms with Crippen LogP contribution < -0.4 is 5.32 Å². The summed E-state index contributed by atoms with van der Waals surface area (Å²) in [5.41, 5.74) is 1.56. The van der Waals surface area contributed by atoms with Gasteiger partial charge in [0.15, 0.2) is 0 Å². The predicted molar refractivity (Wildman–Crippen MR) is 63.7 cm³/mol. The largest absolute Gasteiger partial charge is 0.304 e. The summed E-state index contributed by atoms with van der Waals surface area (Å²) in [6.45, 7) is 2.53. The van der Waals surface area contributed by atoms with Gasteiger partial charge in [0, 0.05) is 24.3 Å². The topological polar surface area (TPSA) is 37.8 Å². The van der Waals surface area contributed by atoms with Crippen molar-refractivity contribution in [2.45, 2.75) is 19.5 Å². The van der Waals surface area contributed by atoms with Gasteiger partial charge >= 0.3 is 0 Å². The van der Waals surface area contributed by atoms with Crippen LogP contribution in [0.5, 0.6) is 0 Å². The molecule has 4 heteroatoms. The Hall–Kier alpha value is -1.81. The van der Waals surface area contributed by atoms with Gasteiger partial charge in [-0.1, -0.05) is 18.2 Å². The van der Waals surface area contributed by atoms with Crippen LogP contribution in [-0.4, -0.2) is 9.97 Å². The van der Waals surface area contributed by atoms with Crippen LogP contribution in [-0.2, 0) is 6.54 Å². The van der Waals surface area contributed by atoms with E-state index in [9.17, 15) is 4.39 Å². The van der Waals surface area contributed by atoms with Crippen molar-refractivity contribution in [1.82, 2.24) is 15.3 Å². The highest BCUT2D eigenvalue weighted by Crippen LogP contribution is 2.16. The van der Waals surface area contributed by atoms with Gasteiger partial charge in [-0.05, 0) is 19.1 Å². The number of nitrogens with zero attached hydrogens (tertiary/aromatic N) is 2. The molecule has 17 heavy (non-hydrogen) atoms. The highest BCUT2D eigenvalue weighted by molar-refractivity contribution is 5.20. The van der Waals surface area contributed by atoms with E-state index in [1.54, 1.807) is 18.3 Å². The lowest BCUT2D eigenvalue weighted by Crippen LogP contribution is -2.19. The minimum absolute atomic E-state index is 0.0498. The Bertz CT molecular complexity index is 473. The van der Waals surface area contributed by atoms with Crippen molar-refractivity contribution in [2.24, 2.45) is 0 Å². The van der Waals surface area contributed by atoms with Crippen molar-refractivity contribution >= 4 is 0 Å². The predicted octanol–water partition coefficient (Wildman–Crippen LogP) is 2.47. The molecule has 0 aliphatic heterocycles. The third-order valence-corrected chi connectivity index (χ3v) is 2.60. The molecule has 3 nitrogen and oxygen atoms in total. The van der Waals surface area contributed by atoms with E-state index in [-0.39, 0.29) is 11.9 Å². The molecule has 88 valence electrons. The molecule has 0 unspecified atom stereocenters. The van der Waals surface area contributed by atoms with Gasteiger partial charge in [0.1, 0.15) is 12.1 Å². The molecule has 0 aliphatic carbocycles. The molecule has 0 spiro atoms. The molecule has 0 amide bonds. The number of nitrogens with one attached hydrogen (secondary N) is 1. The Kier molecular flexibility index (Phi) is 3.77. The number of aromatic nitrogens is 2. The summed E-state index contributed by atoms with van der Waals surface area (Å²) >= 11 is 0. The maximum atomic E-state index is 13.5. The first kappa shape index (κ1) is 11.7. The summed E-state index contributed by atoms with van der Waals surface area (Å²) in [6, 6.07) is 8.56. The Morgan fingerprint density at radius 2 is 2.12 bits per heavy atom.